The molecule has 0 amide bonds. The Morgan fingerprint density at radius 1 is 1.44 bits per heavy atom. The summed E-state index contributed by atoms with van der Waals surface area (Å²) in [4.78, 5) is 9.33. The first-order valence-electron chi connectivity index (χ1n) is 6.49. The average Bonchev–Trinajstić information content (AvgIpc) is 2.93. The van der Waals surface area contributed by atoms with E-state index in [2.05, 4.69) is 48.6 Å². The molecule has 2 aromatic heterocycles. The second-order valence-corrected chi connectivity index (χ2v) is 5.79. The van der Waals surface area contributed by atoms with E-state index in [1.807, 2.05) is 0 Å². The Bertz CT molecular complexity index is 471. The summed E-state index contributed by atoms with van der Waals surface area (Å²) in [7, 11) is 0. The van der Waals surface area contributed by atoms with Gasteiger partial charge in [-0.25, -0.2) is 4.98 Å². The van der Waals surface area contributed by atoms with Gasteiger partial charge in [0.2, 0.25) is 0 Å². The van der Waals surface area contributed by atoms with Crippen LogP contribution in [0.15, 0.2) is 17.5 Å². The van der Waals surface area contributed by atoms with Gasteiger partial charge in [-0.1, -0.05) is 19.9 Å². The molecular weight excluding hydrogens is 242 g/mol. The number of imidazole rings is 1. The Balaban J connectivity index is 1.93. The van der Waals surface area contributed by atoms with Crippen molar-refractivity contribution < 1.29 is 0 Å². The molecule has 0 atom stereocenters. The van der Waals surface area contributed by atoms with Crippen molar-refractivity contribution >= 4 is 11.3 Å². The third-order valence-corrected chi connectivity index (χ3v) is 3.71. The SMILES string of the molecule is Cc1[nH]c(CCCNC(C)C)nc1-c1cccs1. The van der Waals surface area contributed by atoms with Crippen LogP contribution >= 0.6 is 11.3 Å². The maximum atomic E-state index is 4.70. The third-order valence-electron chi connectivity index (χ3n) is 2.83. The normalized spacial score (nSPS) is 11.3. The molecule has 2 N–H and O–H groups in total. The minimum Gasteiger partial charge on any atom is -0.346 e. The van der Waals surface area contributed by atoms with Gasteiger partial charge < -0.3 is 10.3 Å². The highest BCUT2D eigenvalue weighted by atomic mass is 32.1. The molecule has 0 aliphatic carbocycles. The van der Waals surface area contributed by atoms with Crippen molar-refractivity contribution in [3.63, 3.8) is 0 Å². The average molecular weight is 263 g/mol. The molecule has 0 unspecified atom stereocenters. The Kier molecular flexibility index (Phi) is 4.55. The number of aromatic nitrogens is 2. The van der Waals surface area contributed by atoms with E-state index < -0.39 is 0 Å². The van der Waals surface area contributed by atoms with E-state index in [-0.39, 0.29) is 0 Å². The first kappa shape index (κ1) is 13.3. The van der Waals surface area contributed by atoms with E-state index in [0.29, 0.717) is 6.04 Å². The summed E-state index contributed by atoms with van der Waals surface area (Å²) in [5.74, 6) is 1.10. The molecule has 18 heavy (non-hydrogen) atoms. The van der Waals surface area contributed by atoms with Crippen molar-refractivity contribution in [1.29, 1.82) is 0 Å². The fourth-order valence-corrected chi connectivity index (χ4v) is 2.71. The van der Waals surface area contributed by atoms with Crippen molar-refractivity contribution in [2.24, 2.45) is 0 Å². The predicted octanol–water partition coefficient (Wildman–Crippen LogP) is 3.38. The van der Waals surface area contributed by atoms with Crippen LogP contribution in [0, 0.1) is 6.92 Å². The maximum absolute atomic E-state index is 4.70. The first-order valence-corrected chi connectivity index (χ1v) is 7.37. The summed E-state index contributed by atoms with van der Waals surface area (Å²) >= 11 is 1.74. The van der Waals surface area contributed by atoms with Crippen LogP contribution in [0.25, 0.3) is 10.6 Å². The van der Waals surface area contributed by atoms with Gasteiger partial charge in [-0.2, -0.15) is 0 Å². The minimum atomic E-state index is 0.560. The molecule has 0 saturated heterocycles. The van der Waals surface area contributed by atoms with Gasteiger partial charge >= 0.3 is 0 Å². The zero-order valence-corrected chi connectivity index (χ0v) is 12.1. The molecule has 0 aliphatic heterocycles. The molecule has 0 aliphatic rings. The van der Waals surface area contributed by atoms with Crippen molar-refractivity contribution in [2.75, 3.05) is 6.54 Å². The summed E-state index contributed by atoms with van der Waals surface area (Å²) in [5.41, 5.74) is 2.28. The fourth-order valence-electron chi connectivity index (χ4n) is 1.94. The van der Waals surface area contributed by atoms with Crippen LogP contribution in [0.4, 0.5) is 0 Å². The van der Waals surface area contributed by atoms with Crippen molar-refractivity contribution in [1.82, 2.24) is 15.3 Å². The number of H-pyrrole nitrogens is 1. The fraction of sp³-hybridized carbons (Fsp3) is 0.500. The number of aryl methyl sites for hydroxylation is 2. The van der Waals surface area contributed by atoms with Crippen molar-refractivity contribution in [2.45, 2.75) is 39.7 Å². The number of aromatic amines is 1. The number of hydrogen-bond acceptors (Lipinski definition) is 3. The minimum absolute atomic E-state index is 0.560. The molecule has 0 radical (unpaired) electrons. The quantitative estimate of drug-likeness (QED) is 0.784. The highest BCUT2D eigenvalue weighted by Crippen LogP contribution is 2.25. The zero-order valence-electron chi connectivity index (χ0n) is 11.3. The monoisotopic (exact) mass is 263 g/mol. The van der Waals surface area contributed by atoms with Crippen molar-refractivity contribution in [3.05, 3.63) is 29.0 Å². The van der Waals surface area contributed by atoms with Crippen molar-refractivity contribution in [3.8, 4) is 10.6 Å². The van der Waals surface area contributed by atoms with Gasteiger partial charge in [0, 0.05) is 18.2 Å². The molecule has 2 aromatic rings. The molecule has 0 bridgehead atoms. The number of thiophene rings is 1. The standard InChI is InChI=1S/C14H21N3S/c1-10(2)15-8-4-7-13-16-11(3)14(17-13)12-6-5-9-18-12/h5-6,9-10,15H,4,7-8H2,1-3H3,(H,16,17). The van der Waals surface area contributed by atoms with Gasteiger partial charge in [-0.15, -0.1) is 11.3 Å². The zero-order chi connectivity index (χ0) is 13.0. The molecule has 3 nitrogen and oxygen atoms in total. The van der Waals surface area contributed by atoms with E-state index >= 15 is 0 Å². The number of hydrogen-bond donors (Lipinski definition) is 2. The van der Waals surface area contributed by atoms with E-state index in [0.717, 1.165) is 30.9 Å². The van der Waals surface area contributed by atoms with E-state index in [9.17, 15) is 0 Å². The second-order valence-electron chi connectivity index (χ2n) is 4.85. The van der Waals surface area contributed by atoms with Gasteiger partial charge in [0.25, 0.3) is 0 Å². The van der Waals surface area contributed by atoms with Crippen LogP contribution in [0.3, 0.4) is 0 Å². The lowest BCUT2D eigenvalue weighted by atomic mass is 10.3. The van der Waals surface area contributed by atoms with Crippen LogP contribution in [-0.4, -0.2) is 22.6 Å². The van der Waals surface area contributed by atoms with Gasteiger partial charge in [0.15, 0.2) is 0 Å². The molecule has 0 aromatic carbocycles. The van der Waals surface area contributed by atoms with Gasteiger partial charge in [-0.05, 0) is 31.3 Å². The van der Waals surface area contributed by atoms with Crippen LogP contribution in [0.5, 0.6) is 0 Å². The topological polar surface area (TPSA) is 40.7 Å². The molecule has 98 valence electrons. The Hall–Kier alpha value is -1.13. The lowest BCUT2D eigenvalue weighted by molar-refractivity contribution is 0.567. The highest BCUT2D eigenvalue weighted by molar-refractivity contribution is 7.13. The Labute approximate surface area is 113 Å². The predicted molar refractivity (Wildman–Crippen MR) is 78.1 cm³/mol. The van der Waals surface area contributed by atoms with Crippen LogP contribution in [-0.2, 0) is 6.42 Å². The highest BCUT2D eigenvalue weighted by Gasteiger charge is 2.09. The van der Waals surface area contributed by atoms with Crippen LogP contribution in [0.2, 0.25) is 0 Å². The van der Waals surface area contributed by atoms with Crippen LogP contribution in [0.1, 0.15) is 31.8 Å². The van der Waals surface area contributed by atoms with Gasteiger partial charge in [0.05, 0.1) is 4.88 Å². The molecule has 2 rings (SSSR count). The van der Waals surface area contributed by atoms with Gasteiger partial charge in [0.1, 0.15) is 11.5 Å². The second kappa shape index (κ2) is 6.16. The number of nitrogens with zero attached hydrogens (tertiary/aromatic N) is 1. The smallest absolute Gasteiger partial charge is 0.107 e. The maximum Gasteiger partial charge on any atom is 0.107 e. The van der Waals surface area contributed by atoms with Crippen LogP contribution < -0.4 is 5.32 Å². The largest absolute Gasteiger partial charge is 0.346 e. The summed E-state index contributed by atoms with van der Waals surface area (Å²) in [5, 5.41) is 5.52. The van der Waals surface area contributed by atoms with E-state index in [1.54, 1.807) is 11.3 Å². The summed E-state index contributed by atoms with van der Waals surface area (Å²) in [6, 6.07) is 4.75. The summed E-state index contributed by atoms with van der Waals surface area (Å²) in [6.07, 6.45) is 2.13. The van der Waals surface area contributed by atoms with E-state index in [1.165, 1.54) is 10.6 Å². The Morgan fingerprint density at radius 3 is 2.94 bits per heavy atom. The van der Waals surface area contributed by atoms with E-state index in [4.69, 9.17) is 4.98 Å². The molecule has 4 heteroatoms. The first-order chi connectivity index (χ1) is 8.66. The molecular formula is C14H21N3S. The molecule has 0 spiro atoms. The summed E-state index contributed by atoms with van der Waals surface area (Å²) < 4.78 is 0. The molecule has 2 heterocycles. The lowest BCUT2D eigenvalue weighted by Crippen LogP contribution is -2.24. The molecule has 0 fully saturated rings. The Morgan fingerprint density at radius 2 is 2.28 bits per heavy atom. The number of nitrogens with one attached hydrogen (secondary N) is 2. The van der Waals surface area contributed by atoms with Gasteiger partial charge in [-0.3, -0.25) is 0 Å². The number of rotatable bonds is 6. The third kappa shape index (κ3) is 3.43. The summed E-state index contributed by atoms with van der Waals surface area (Å²) in [6.45, 7) is 7.49. The molecule has 0 saturated carbocycles. The lowest BCUT2D eigenvalue weighted by Gasteiger charge is -2.06.